The minimum absolute atomic E-state index is 0.162. The van der Waals surface area contributed by atoms with Crippen molar-refractivity contribution < 1.29 is 14.6 Å². The van der Waals surface area contributed by atoms with Gasteiger partial charge in [0.05, 0.1) is 17.8 Å². The van der Waals surface area contributed by atoms with Gasteiger partial charge in [-0.25, -0.2) is 4.79 Å². The van der Waals surface area contributed by atoms with E-state index in [1.54, 1.807) is 12.1 Å². The molecule has 3 heteroatoms. The molecule has 1 saturated carbocycles. The maximum Gasteiger partial charge on any atom is 0.335 e. The van der Waals surface area contributed by atoms with Crippen molar-refractivity contribution >= 4 is 5.97 Å². The molecule has 3 aromatic carbocycles. The van der Waals surface area contributed by atoms with Gasteiger partial charge in [-0.15, -0.1) is 0 Å². The third kappa shape index (κ3) is 4.45. The van der Waals surface area contributed by atoms with E-state index in [0.717, 1.165) is 29.5 Å². The van der Waals surface area contributed by atoms with Crippen molar-refractivity contribution in [1.29, 1.82) is 0 Å². The van der Waals surface area contributed by atoms with Crippen molar-refractivity contribution in [2.75, 3.05) is 0 Å². The molecule has 0 aromatic heterocycles. The number of aromatic carboxylic acids is 1. The van der Waals surface area contributed by atoms with Gasteiger partial charge in [0.2, 0.25) is 0 Å². The lowest BCUT2D eigenvalue weighted by Gasteiger charge is -2.17. The van der Waals surface area contributed by atoms with Gasteiger partial charge in [-0.3, -0.25) is 0 Å². The molecule has 0 atom stereocenters. The molecule has 1 aliphatic rings. The molecule has 30 heavy (non-hydrogen) atoms. The van der Waals surface area contributed by atoms with Crippen molar-refractivity contribution in [1.82, 2.24) is 0 Å². The fourth-order valence-electron chi connectivity index (χ4n) is 3.60. The smallest absolute Gasteiger partial charge is 0.335 e. The normalized spacial score (nSPS) is 13.9. The number of benzene rings is 3. The van der Waals surface area contributed by atoms with Gasteiger partial charge >= 0.3 is 5.97 Å². The standard InChI is InChI=1S/C27H24O3/c1-2-23-18-21(12-15-25(23)26(28)29)9-8-20-10-13-24(14-11-20)27(16-17-27)30-19-22-6-4-3-5-7-22/h3-7,10-15,18H,2,16-17,19H2,1H3,(H,28,29). The van der Waals surface area contributed by atoms with Crippen LogP contribution in [0.2, 0.25) is 0 Å². The molecular formula is C27H24O3. The SMILES string of the molecule is CCc1cc(C#Cc2ccc(C3(OCc4ccccc4)CC3)cc2)ccc1C(=O)O. The predicted octanol–water partition coefficient (Wildman–Crippen LogP) is 5.55. The maximum absolute atomic E-state index is 11.3. The summed E-state index contributed by atoms with van der Waals surface area (Å²) in [5.74, 6) is 5.43. The van der Waals surface area contributed by atoms with Crippen LogP contribution in [0.1, 0.15) is 57.9 Å². The average molecular weight is 396 g/mol. The monoisotopic (exact) mass is 396 g/mol. The van der Waals surface area contributed by atoms with Gasteiger partial charge in [-0.05, 0) is 66.3 Å². The van der Waals surface area contributed by atoms with Gasteiger partial charge in [0, 0.05) is 11.1 Å². The molecule has 1 N–H and O–H groups in total. The molecule has 150 valence electrons. The number of aryl methyl sites for hydroxylation is 1. The maximum atomic E-state index is 11.3. The van der Waals surface area contributed by atoms with Crippen LogP contribution in [0, 0.1) is 11.8 Å². The van der Waals surface area contributed by atoms with Gasteiger partial charge in [0.1, 0.15) is 0 Å². The van der Waals surface area contributed by atoms with Gasteiger partial charge in [-0.1, -0.05) is 61.2 Å². The van der Waals surface area contributed by atoms with E-state index in [0.29, 0.717) is 18.6 Å². The van der Waals surface area contributed by atoms with E-state index in [1.165, 1.54) is 11.1 Å². The van der Waals surface area contributed by atoms with Crippen LogP contribution in [0.3, 0.4) is 0 Å². The van der Waals surface area contributed by atoms with E-state index in [9.17, 15) is 9.90 Å². The van der Waals surface area contributed by atoms with Gasteiger partial charge in [-0.2, -0.15) is 0 Å². The van der Waals surface area contributed by atoms with E-state index in [4.69, 9.17) is 4.74 Å². The Morgan fingerprint density at radius 2 is 1.63 bits per heavy atom. The summed E-state index contributed by atoms with van der Waals surface area (Å²) in [5, 5.41) is 9.25. The highest BCUT2D eigenvalue weighted by molar-refractivity contribution is 5.89. The third-order valence-electron chi connectivity index (χ3n) is 5.54. The molecule has 0 radical (unpaired) electrons. The summed E-state index contributed by atoms with van der Waals surface area (Å²) in [4.78, 5) is 11.3. The molecule has 0 spiro atoms. The molecule has 0 aliphatic heterocycles. The zero-order valence-corrected chi connectivity index (χ0v) is 17.0. The van der Waals surface area contributed by atoms with E-state index in [1.807, 2.05) is 43.3 Å². The molecule has 3 aromatic rings. The summed E-state index contributed by atoms with van der Waals surface area (Å²) in [6, 6.07) is 23.8. The number of rotatable bonds is 6. The lowest BCUT2D eigenvalue weighted by Crippen LogP contribution is -2.11. The van der Waals surface area contributed by atoms with Crippen molar-refractivity contribution in [2.24, 2.45) is 0 Å². The second kappa shape index (κ2) is 8.57. The van der Waals surface area contributed by atoms with Crippen LogP contribution in [-0.2, 0) is 23.4 Å². The van der Waals surface area contributed by atoms with E-state index >= 15 is 0 Å². The van der Waals surface area contributed by atoms with Crippen LogP contribution in [0.15, 0.2) is 72.8 Å². The summed E-state index contributed by atoms with van der Waals surface area (Å²) >= 11 is 0. The van der Waals surface area contributed by atoms with Crippen LogP contribution < -0.4 is 0 Å². The van der Waals surface area contributed by atoms with Crippen LogP contribution in [0.5, 0.6) is 0 Å². The Labute approximate surface area is 177 Å². The first-order valence-corrected chi connectivity index (χ1v) is 10.3. The highest BCUT2D eigenvalue weighted by Crippen LogP contribution is 2.49. The van der Waals surface area contributed by atoms with Crippen molar-refractivity contribution in [3.8, 4) is 11.8 Å². The minimum Gasteiger partial charge on any atom is -0.478 e. The average Bonchev–Trinajstić information content (AvgIpc) is 3.58. The van der Waals surface area contributed by atoms with Crippen LogP contribution >= 0.6 is 0 Å². The van der Waals surface area contributed by atoms with Crippen LogP contribution in [-0.4, -0.2) is 11.1 Å². The first kappa shape index (κ1) is 19.9. The molecule has 1 aliphatic carbocycles. The molecule has 0 saturated heterocycles. The molecular weight excluding hydrogens is 372 g/mol. The van der Waals surface area contributed by atoms with Crippen molar-refractivity contribution in [3.05, 3.63) is 106 Å². The summed E-state index contributed by atoms with van der Waals surface area (Å²) in [6.07, 6.45) is 2.75. The second-order valence-electron chi connectivity index (χ2n) is 7.63. The van der Waals surface area contributed by atoms with Crippen molar-refractivity contribution in [2.45, 2.75) is 38.4 Å². The highest BCUT2D eigenvalue weighted by Gasteiger charge is 2.45. The number of ether oxygens (including phenoxy) is 1. The van der Waals surface area contributed by atoms with E-state index in [-0.39, 0.29) is 5.60 Å². The molecule has 1 fully saturated rings. The van der Waals surface area contributed by atoms with E-state index in [2.05, 4.69) is 36.1 Å². The Bertz CT molecular complexity index is 1100. The summed E-state index contributed by atoms with van der Waals surface area (Å²) < 4.78 is 6.25. The number of carboxylic acids is 1. The van der Waals surface area contributed by atoms with Gasteiger partial charge < -0.3 is 9.84 Å². The van der Waals surface area contributed by atoms with Crippen LogP contribution in [0.4, 0.5) is 0 Å². The quantitative estimate of drug-likeness (QED) is 0.556. The summed E-state index contributed by atoms with van der Waals surface area (Å²) in [5.41, 5.74) is 5.12. The summed E-state index contributed by atoms with van der Waals surface area (Å²) in [7, 11) is 0. The second-order valence-corrected chi connectivity index (χ2v) is 7.63. The highest BCUT2D eigenvalue weighted by atomic mass is 16.5. The Morgan fingerprint density at radius 3 is 2.27 bits per heavy atom. The molecule has 0 bridgehead atoms. The Morgan fingerprint density at radius 1 is 0.967 bits per heavy atom. The topological polar surface area (TPSA) is 46.5 Å². The number of hydrogen-bond donors (Lipinski definition) is 1. The zero-order valence-electron chi connectivity index (χ0n) is 17.0. The Hall–Kier alpha value is -3.35. The lowest BCUT2D eigenvalue weighted by atomic mass is 10.0. The Kier molecular flexibility index (Phi) is 5.70. The Balaban J connectivity index is 1.45. The summed E-state index contributed by atoms with van der Waals surface area (Å²) in [6.45, 7) is 2.57. The number of carbonyl (C=O) groups is 1. The molecule has 0 unspecified atom stereocenters. The minimum atomic E-state index is -0.898. The largest absolute Gasteiger partial charge is 0.478 e. The van der Waals surface area contributed by atoms with Crippen molar-refractivity contribution in [3.63, 3.8) is 0 Å². The van der Waals surface area contributed by atoms with E-state index < -0.39 is 5.97 Å². The lowest BCUT2D eigenvalue weighted by molar-refractivity contribution is 0.0172. The molecule has 3 nitrogen and oxygen atoms in total. The molecule has 4 rings (SSSR count). The fraction of sp³-hybridized carbons (Fsp3) is 0.222. The third-order valence-corrected chi connectivity index (χ3v) is 5.54. The number of carboxylic acid groups (broad SMARTS) is 1. The van der Waals surface area contributed by atoms with Gasteiger partial charge in [0.15, 0.2) is 0 Å². The first-order chi connectivity index (χ1) is 14.6. The first-order valence-electron chi connectivity index (χ1n) is 10.3. The molecule has 0 amide bonds. The predicted molar refractivity (Wildman–Crippen MR) is 117 cm³/mol. The van der Waals surface area contributed by atoms with Gasteiger partial charge in [0.25, 0.3) is 0 Å². The number of hydrogen-bond acceptors (Lipinski definition) is 2. The zero-order chi connectivity index (χ0) is 21.0. The molecule has 0 heterocycles. The van der Waals surface area contributed by atoms with Crippen LogP contribution in [0.25, 0.3) is 0 Å². The fourth-order valence-corrected chi connectivity index (χ4v) is 3.60.